The average Bonchev–Trinajstić information content (AvgIpc) is 3.21. The molecule has 1 amide bonds. The number of rotatable bonds is 4. The molecule has 4 nitrogen and oxygen atoms in total. The van der Waals surface area contributed by atoms with Gasteiger partial charge in [-0.2, -0.15) is 0 Å². The van der Waals surface area contributed by atoms with E-state index in [9.17, 15) is 4.79 Å². The van der Waals surface area contributed by atoms with E-state index in [4.69, 9.17) is 11.6 Å². The van der Waals surface area contributed by atoms with Crippen molar-refractivity contribution in [2.75, 3.05) is 32.5 Å². The molecule has 1 aliphatic heterocycles. The van der Waals surface area contributed by atoms with Gasteiger partial charge in [-0.15, -0.1) is 0 Å². The molecule has 1 aliphatic carbocycles. The SMILES string of the molecule is CN(C)C(=O)c1cc(NC2CCN(C3CC3)C2)ccc1Cl. The highest BCUT2D eigenvalue weighted by Gasteiger charge is 2.34. The molecule has 1 saturated carbocycles. The highest BCUT2D eigenvalue weighted by molar-refractivity contribution is 6.34. The second kappa shape index (κ2) is 5.85. The topological polar surface area (TPSA) is 35.6 Å². The first-order chi connectivity index (χ1) is 10.0. The number of hydrogen-bond acceptors (Lipinski definition) is 3. The molecule has 1 aromatic rings. The van der Waals surface area contributed by atoms with Crippen LogP contribution in [0.2, 0.25) is 5.02 Å². The molecule has 0 radical (unpaired) electrons. The van der Waals surface area contributed by atoms with Gasteiger partial charge in [-0.25, -0.2) is 0 Å². The van der Waals surface area contributed by atoms with Gasteiger partial charge in [0, 0.05) is 45.0 Å². The normalized spacial score (nSPS) is 22.3. The predicted molar refractivity (Wildman–Crippen MR) is 86.1 cm³/mol. The summed E-state index contributed by atoms with van der Waals surface area (Å²) in [5.74, 6) is -0.0605. The van der Waals surface area contributed by atoms with Crippen LogP contribution in [0.25, 0.3) is 0 Å². The van der Waals surface area contributed by atoms with Gasteiger partial charge in [0.05, 0.1) is 10.6 Å². The first-order valence-corrected chi connectivity index (χ1v) is 7.94. The van der Waals surface area contributed by atoms with E-state index in [2.05, 4.69) is 10.2 Å². The molecule has 1 atom stereocenters. The maximum Gasteiger partial charge on any atom is 0.254 e. The van der Waals surface area contributed by atoms with Crippen LogP contribution >= 0.6 is 11.6 Å². The number of nitrogens with one attached hydrogen (secondary N) is 1. The van der Waals surface area contributed by atoms with E-state index in [-0.39, 0.29) is 5.91 Å². The van der Waals surface area contributed by atoms with E-state index in [1.807, 2.05) is 12.1 Å². The Morgan fingerprint density at radius 3 is 2.76 bits per heavy atom. The molecule has 1 saturated heterocycles. The summed E-state index contributed by atoms with van der Waals surface area (Å²) in [5, 5.41) is 4.05. The zero-order valence-corrected chi connectivity index (χ0v) is 13.4. The molecule has 0 aromatic heterocycles. The number of likely N-dealkylation sites (tertiary alicyclic amines) is 1. The van der Waals surface area contributed by atoms with Crippen LogP contribution in [0.1, 0.15) is 29.6 Å². The zero-order valence-electron chi connectivity index (χ0n) is 12.6. The van der Waals surface area contributed by atoms with Crippen molar-refractivity contribution in [3.05, 3.63) is 28.8 Å². The summed E-state index contributed by atoms with van der Waals surface area (Å²) >= 11 is 6.14. The maximum atomic E-state index is 12.1. The number of hydrogen-bond donors (Lipinski definition) is 1. The van der Waals surface area contributed by atoms with Gasteiger partial charge in [0.2, 0.25) is 0 Å². The van der Waals surface area contributed by atoms with Crippen molar-refractivity contribution in [3.8, 4) is 0 Å². The Hall–Kier alpha value is -1.26. The Bertz CT molecular complexity index is 542. The van der Waals surface area contributed by atoms with Crippen molar-refractivity contribution in [1.29, 1.82) is 0 Å². The molecule has 3 rings (SSSR count). The van der Waals surface area contributed by atoms with Crippen molar-refractivity contribution in [2.24, 2.45) is 0 Å². The lowest BCUT2D eigenvalue weighted by Crippen LogP contribution is -2.28. The van der Waals surface area contributed by atoms with Crippen LogP contribution < -0.4 is 5.32 Å². The third-order valence-electron chi connectivity index (χ3n) is 4.26. The highest BCUT2D eigenvalue weighted by atomic mass is 35.5. The minimum Gasteiger partial charge on any atom is -0.381 e. The summed E-state index contributed by atoms with van der Waals surface area (Å²) in [6.45, 7) is 2.28. The van der Waals surface area contributed by atoms with E-state index in [0.717, 1.165) is 24.7 Å². The number of carbonyl (C=O) groups excluding carboxylic acids is 1. The van der Waals surface area contributed by atoms with Crippen LogP contribution in [0, 0.1) is 0 Å². The summed E-state index contributed by atoms with van der Waals surface area (Å²) in [6.07, 6.45) is 3.88. The Morgan fingerprint density at radius 1 is 1.33 bits per heavy atom. The Kier molecular flexibility index (Phi) is 4.09. The molecule has 2 aliphatic rings. The summed E-state index contributed by atoms with van der Waals surface area (Å²) < 4.78 is 0. The molecule has 2 fully saturated rings. The maximum absolute atomic E-state index is 12.1. The van der Waals surface area contributed by atoms with Crippen LogP contribution in [-0.2, 0) is 0 Å². The third kappa shape index (κ3) is 3.33. The van der Waals surface area contributed by atoms with E-state index >= 15 is 0 Å². The number of anilines is 1. The molecule has 0 spiro atoms. The average molecular weight is 308 g/mol. The highest BCUT2D eigenvalue weighted by Crippen LogP contribution is 2.31. The molecule has 21 heavy (non-hydrogen) atoms. The fraction of sp³-hybridized carbons (Fsp3) is 0.562. The summed E-state index contributed by atoms with van der Waals surface area (Å²) in [7, 11) is 3.48. The lowest BCUT2D eigenvalue weighted by Gasteiger charge is -2.18. The van der Waals surface area contributed by atoms with Crippen molar-refractivity contribution >= 4 is 23.2 Å². The monoisotopic (exact) mass is 307 g/mol. The third-order valence-corrected chi connectivity index (χ3v) is 4.59. The van der Waals surface area contributed by atoms with E-state index in [0.29, 0.717) is 16.6 Å². The van der Waals surface area contributed by atoms with Gasteiger partial charge in [-0.3, -0.25) is 9.69 Å². The van der Waals surface area contributed by atoms with Crippen LogP contribution in [0.3, 0.4) is 0 Å². The standard InChI is InChI=1S/C16H22ClN3O/c1-19(2)16(21)14-9-11(3-6-15(14)17)18-12-7-8-20(10-12)13-4-5-13/h3,6,9,12-13,18H,4-5,7-8,10H2,1-2H3. The van der Waals surface area contributed by atoms with E-state index in [1.54, 1.807) is 25.1 Å². The molecular formula is C16H22ClN3O. The number of benzene rings is 1. The quantitative estimate of drug-likeness (QED) is 0.929. The van der Waals surface area contributed by atoms with Gasteiger partial charge in [-0.05, 0) is 37.5 Å². The van der Waals surface area contributed by atoms with E-state index in [1.165, 1.54) is 19.4 Å². The van der Waals surface area contributed by atoms with Crippen molar-refractivity contribution in [3.63, 3.8) is 0 Å². The molecular weight excluding hydrogens is 286 g/mol. The second-order valence-electron chi connectivity index (χ2n) is 6.25. The van der Waals surface area contributed by atoms with Crippen molar-refractivity contribution in [2.45, 2.75) is 31.3 Å². The first-order valence-electron chi connectivity index (χ1n) is 7.56. The summed E-state index contributed by atoms with van der Waals surface area (Å²) in [4.78, 5) is 16.2. The summed E-state index contributed by atoms with van der Waals surface area (Å²) in [6, 6.07) is 6.91. The number of carbonyl (C=O) groups is 1. The molecule has 1 heterocycles. The van der Waals surface area contributed by atoms with Crippen LogP contribution in [0.5, 0.6) is 0 Å². The Balaban J connectivity index is 1.68. The molecule has 5 heteroatoms. The zero-order chi connectivity index (χ0) is 15.0. The van der Waals surface area contributed by atoms with E-state index < -0.39 is 0 Å². The predicted octanol–water partition coefficient (Wildman–Crippen LogP) is 2.69. The molecule has 0 bridgehead atoms. The lowest BCUT2D eigenvalue weighted by atomic mass is 10.1. The largest absolute Gasteiger partial charge is 0.381 e. The lowest BCUT2D eigenvalue weighted by molar-refractivity contribution is 0.0828. The van der Waals surface area contributed by atoms with Gasteiger partial charge < -0.3 is 10.2 Å². The van der Waals surface area contributed by atoms with Crippen molar-refractivity contribution in [1.82, 2.24) is 9.80 Å². The number of amides is 1. The summed E-state index contributed by atoms with van der Waals surface area (Å²) in [5.41, 5.74) is 1.54. The Labute approximate surface area is 131 Å². The van der Waals surface area contributed by atoms with Crippen LogP contribution in [-0.4, -0.2) is 55.0 Å². The second-order valence-corrected chi connectivity index (χ2v) is 6.66. The fourth-order valence-electron chi connectivity index (χ4n) is 2.93. The smallest absolute Gasteiger partial charge is 0.254 e. The van der Waals surface area contributed by atoms with Gasteiger partial charge in [0.1, 0.15) is 0 Å². The Morgan fingerprint density at radius 2 is 2.10 bits per heavy atom. The molecule has 114 valence electrons. The van der Waals surface area contributed by atoms with Gasteiger partial charge in [0.15, 0.2) is 0 Å². The number of halogens is 1. The minimum absolute atomic E-state index is 0.0605. The van der Waals surface area contributed by atoms with Gasteiger partial charge >= 0.3 is 0 Å². The van der Waals surface area contributed by atoms with Crippen LogP contribution in [0.4, 0.5) is 5.69 Å². The molecule has 1 N–H and O–H groups in total. The van der Waals surface area contributed by atoms with Gasteiger partial charge in [-0.1, -0.05) is 11.6 Å². The molecule has 1 aromatic carbocycles. The minimum atomic E-state index is -0.0605. The first kappa shape index (κ1) is 14.7. The van der Waals surface area contributed by atoms with Crippen LogP contribution in [0.15, 0.2) is 18.2 Å². The van der Waals surface area contributed by atoms with Gasteiger partial charge in [0.25, 0.3) is 5.91 Å². The molecule has 1 unspecified atom stereocenters. The number of nitrogens with zero attached hydrogens (tertiary/aromatic N) is 2. The fourth-order valence-corrected chi connectivity index (χ4v) is 3.13. The van der Waals surface area contributed by atoms with Crippen molar-refractivity contribution < 1.29 is 4.79 Å².